The molecule has 3 aliphatic carbocycles. The highest BCUT2D eigenvalue weighted by atomic mass is 14.9. The maximum atomic E-state index is 3.64. The van der Waals surface area contributed by atoms with E-state index in [2.05, 4.69) is 123 Å². The van der Waals surface area contributed by atoms with Crippen molar-refractivity contribution in [3.63, 3.8) is 0 Å². The molecule has 1 nitrogen and oxygen atoms in total. The molecule has 176 valence electrons. The third kappa shape index (κ3) is 3.30. The van der Waals surface area contributed by atoms with Crippen LogP contribution in [0.2, 0.25) is 0 Å². The van der Waals surface area contributed by atoms with Gasteiger partial charge in [-0.2, -0.15) is 0 Å². The van der Waals surface area contributed by atoms with E-state index in [0.717, 1.165) is 17.8 Å². The Morgan fingerprint density at radius 2 is 1.44 bits per heavy atom. The molecule has 1 heteroatoms. The largest absolute Gasteiger partial charge is 0.356 e. The van der Waals surface area contributed by atoms with Gasteiger partial charge in [-0.3, -0.25) is 0 Å². The third-order valence-corrected chi connectivity index (χ3v) is 8.44. The zero-order valence-corrected chi connectivity index (χ0v) is 21.2. The fourth-order valence-corrected chi connectivity index (χ4v) is 6.46. The molecule has 1 unspecified atom stereocenters. The van der Waals surface area contributed by atoms with E-state index in [1.807, 2.05) is 0 Å². The van der Waals surface area contributed by atoms with E-state index in [-0.39, 0.29) is 5.41 Å². The fraction of sp³-hybridized carbons (Fsp3) is 0.200. The summed E-state index contributed by atoms with van der Waals surface area (Å²) in [5.41, 5.74) is 16.4. The molecule has 3 aliphatic rings. The molecule has 0 saturated heterocycles. The SMILES string of the molecule is CC1C=CC2=C(C1)c1ccc(-c3ccc(Nc4ccc5c(c4)C(C)(C)c4ccccc4-5)cc3)cc1C2. The van der Waals surface area contributed by atoms with Crippen molar-refractivity contribution in [2.24, 2.45) is 5.92 Å². The molecule has 36 heavy (non-hydrogen) atoms. The zero-order valence-electron chi connectivity index (χ0n) is 21.2. The molecule has 4 aromatic rings. The van der Waals surface area contributed by atoms with Gasteiger partial charge in [0.1, 0.15) is 0 Å². The summed E-state index contributed by atoms with van der Waals surface area (Å²) in [7, 11) is 0. The molecule has 0 aromatic heterocycles. The van der Waals surface area contributed by atoms with E-state index in [0.29, 0.717) is 5.92 Å². The Balaban J connectivity index is 1.12. The van der Waals surface area contributed by atoms with Crippen LogP contribution in [0.4, 0.5) is 11.4 Å². The molecule has 0 amide bonds. The van der Waals surface area contributed by atoms with E-state index >= 15 is 0 Å². The van der Waals surface area contributed by atoms with Gasteiger partial charge < -0.3 is 5.32 Å². The van der Waals surface area contributed by atoms with Crippen molar-refractivity contribution < 1.29 is 0 Å². The second kappa shape index (κ2) is 7.83. The lowest BCUT2D eigenvalue weighted by molar-refractivity contribution is 0.660. The Labute approximate surface area is 214 Å². The topological polar surface area (TPSA) is 12.0 Å². The smallest absolute Gasteiger partial charge is 0.0387 e. The standard InChI is InChI=1S/C35H31N/c1-22-8-9-25-20-26-19-24(12-16-29(26)32(25)18-22)23-10-13-27(14-11-23)36-28-15-17-31-30-6-4-5-7-33(30)35(2,3)34(31)21-28/h4-17,19,21-22,36H,18,20H2,1-3H3. The van der Waals surface area contributed by atoms with Crippen molar-refractivity contribution in [1.29, 1.82) is 0 Å². The average Bonchev–Trinajstić information content (AvgIpc) is 3.36. The Morgan fingerprint density at radius 3 is 2.31 bits per heavy atom. The van der Waals surface area contributed by atoms with Gasteiger partial charge in [0.25, 0.3) is 0 Å². The summed E-state index contributed by atoms with van der Waals surface area (Å²) in [6.45, 7) is 6.97. The summed E-state index contributed by atoms with van der Waals surface area (Å²) >= 11 is 0. The highest BCUT2D eigenvalue weighted by Crippen LogP contribution is 2.49. The van der Waals surface area contributed by atoms with Gasteiger partial charge in [0.15, 0.2) is 0 Å². The highest BCUT2D eigenvalue weighted by molar-refractivity contribution is 5.84. The molecular formula is C35H31N. The summed E-state index contributed by atoms with van der Waals surface area (Å²) in [5.74, 6) is 0.640. The van der Waals surface area contributed by atoms with Gasteiger partial charge in [-0.1, -0.05) is 93.6 Å². The van der Waals surface area contributed by atoms with Crippen molar-refractivity contribution in [1.82, 2.24) is 0 Å². The van der Waals surface area contributed by atoms with Crippen LogP contribution in [0.3, 0.4) is 0 Å². The quantitative estimate of drug-likeness (QED) is 0.318. The summed E-state index contributed by atoms with van der Waals surface area (Å²) in [4.78, 5) is 0. The molecule has 1 atom stereocenters. The van der Waals surface area contributed by atoms with Gasteiger partial charge >= 0.3 is 0 Å². The number of fused-ring (bicyclic) bond motifs is 5. The molecule has 0 bridgehead atoms. The summed E-state index contributed by atoms with van der Waals surface area (Å²) in [6, 6.07) is 31.5. The van der Waals surface area contributed by atoms with Crippen LogP contribution in [-0.4, -0.2) is 0 Å². The lowest BCUT2D eigenvalue weighted by Crippen LogP contribution is -2.15. The van der Waals surface area contributed by atoms with Gasteiger partial charge in [-0.05, 0) is 98.7 Å². The molecule has 7 rings (SSSR count). The van der Waals surface area contributed by atoms with Crippen molar-refractivity contribution in [2.75, 3.05) is 5.32 Å². The second-order valence-electron chi connectivity index (χ2n) is 11.2. The van der Waals surface area contributed by atoms with Crippen LogP contribution in [0, 0.1) is 5.92 Å². The van der Waals surface area contributed by atoms with E-state index in [9.17, 15) is 0 Å². The molecule has 0 heterocycles. The first-order chi connectivity index (χ1) is 17.5. The maximum absolute atomic E-state index is 3.64. The van der Waals surface area contributed by atoms with E-state index < -0.39 is 0 Å². The molecule has 1 N–H and O–H groups in total. The first kappa shape index (κ1) is 21.4. The molecule has 0 fully saturated rings. The Kier molecular flexibility index (Phi) is 4.66. The zero-order chi connectivity index (χ0) is 24.4. The molecule has 4 aromatic carbocycles. The van der Waals surface area contributed by atoms with E-state index in [1.54, 1.807) is 5.57 Å². The number of benzene rings is 4. The predicted octanol–water partition coefficient (Wildman–Crippen LogP) is 9.31. The van der Waals surface area contributed by atoms with E-state index in [4.69, 9.17) is 0 Å². The summed E-state index contributed by atoms with van der Waals surface area (Å²) < 4.78 is 0. The Morgan fingerprint density at radius 1 is 0.722 bits per heavy atom. The van der Waals surface area contributed by atoms with Crippen LogP contribution in [0.5, 0.6) is 0 Å². The van der Waals surface area contributed by atoms with Crippen LogP contribution in [0.25, 0.3) is 27.8 Å². The van der Waals surface area contributed by atoms with Gasteiger partial charge in [-0.15, -0.1) is 0 Å². The lowest BCUT2D eigenvalue weighted by Gasteiger charge is -2.22. The van der Waals surface area contributed by atoms with E-state index in [1.165, 1.54) is 56.5 Å². The number of allylic oxidation sites excluding steroid dienone is 4. The average molecular weight is 466 g/mol. The van der Waals surface area contributed by atoms with Gasteiger partial charge in [0.05, 0.1) is 0 Å². The molecule has 0 spiro atoms. The molecule has 0 aliphatic heterocycles. The van der Waals surface area contributed by atoms with Crippen LogP contribution >= 0.6 is 0 Å². The first-order valence-electron chi connectivity index (χ1n) is 13.1. The van der Waals surface area contributed by atoms with Gasteiger partial charge in [-0.25, -0.2) is 0 Å². The van der Waals surface area contributed by atoms with Crippen LogP contribution in [0.15, 0.2) is 103 Å². The number of anilines is 2. The summed E-state index contributed by atoms with van der Waals surface area (Å²) in [5, 5.41) is 3.64. The van der Waals surface area contributed by atoms with Crippen molar-refractivity contribution in [3.05, 3.63) is 125 Å². The Bertz CT molecular complexity index is 1580. The number of rotatable bonds is 3. The minimum Gasteiger partial charge on any atom is -0.356 e. The monoisotopic (exact) mass is 465 g/mol. The van der Waals surface area contributed by atoms with Crippen molar-refractivity contribution >= 4 is 16.9 Å². The number of hydrogen-bond acceptors (Lipinski definition) is 1. The highest BCUT2D eigenvalue weighted by Gasteiger charge is 2.35. The lowest BCUT2D eigenvalue weighted by atomic mass is 9.82. The van der Waals surface area contributed by atoms with Crippen molar-refractivity contribution in [3.8, 4) is 22.3 Å². The van der Waals surface area contributed by atoms with Crippen LogP contribution in [0.1, 0.15) is 49.4 Å². The van der Waals surface area contributed by atoms with Crippen LogP contribution < -0.4 is 5.32 Å². The minimum absolute atomic E-state index is 0.0168. The predicted molar refractivity (Wildman–Crippen MR) is 153 cm³/mol. The normalized spacial score (nSPS) is 18.5. The first-order valence-corrected chi connectivity index (χ1v) is 13.1. The maximum Gasteiger partial charge on any atom is 0.0387 e. The van der Waals surface area contributed by atoms with Crippen molar-refractivity contribution in [2.45, 2.75) is 39.0 Å². The van der Waals surface area contributed by atoms with Crippen LogP contribution in [-0.2, 0) is 11.8 Å². The van der Waals surface area contributed by atoms with Gasteiger partial charge in [0, 0.05) is 16.8 Å². The minimum atomic E-state index is 0.0168. The number of nitrogens with one attached hydrogen (secondary N) is 1. The summed E-state index contributed by atoms with van der Waals surface area (Å²) in [6.07, 6.45) is 6.95. The molecule has 0 radical (unpaired) electrons. The molecular weight excluding hydrogens is 434 g/mol. The third-order valence-electron chi connectivity index (χ3n) is 8.44. The number of hydrogen-bond donors (Lipinski definition) is 1. The Hall–Kier alpha value is -3.84. The fourth-order valence-electron chi connectivity index (χ4n) is 6.46. The second-order valence-corrected chi connectivity index (χ2v) is 11.2. The molecule has 0 saturated carbocycles. The van der Waals surface area contributed by atoms with Gasteiger partial charge in [0.2, 0.25) is 0 Å².